The molecule has 1 aliphatic rings. The molecule has 1 rings (SSSR count). The summed E-state index contributed by atoms with van der Waals surface area (Å²) < 4.78 is 0. The van der Waals surface area contributed by atoms with Crippen LogP contribution in [0.4, 0.5) is 0 Å². The van der Waals surface area contributed by atoms with Crippen LogP contribution in [0.2, 0.25) is 0 Å². The lowest BCUT2D eigenvalue weighted by atomic mass is 10.0. The van der Waals surface area contributed by atoms with Gasteiger partial charge in [-0.25, -0.2) is 5.53 Å². The second kappa shape index (κ2) is 3.26. The van der Waals surface area contributed by atoms with Crippen molar-refractivity contribution >= 4 is 5.84 Å². The quantitative estimate of drug-likeness (QED) is 0.215. The van der Waals surface area contributed by atoms with Crippen LogP contribution in [0.25, 0.3) is 0 Å². The van der Waals surface area contributed by atoms with Crippen LogP contribution >= 0.6 is 0 Å². The third-order valence-electron chi connectivity index (χ3n) is 1.49. The molecule has 0 aromatic carbocycles. The predicted molar refractivity (Wildman–Crippen MR) is 38.0 cm³/mol. The number of nitrogens with zero attached hydrogens (tertiary/aromatic N) is 2. The number of hydrazone groups is 1. The third kappa shape index (κ3) is 1.30. The predicted octanol–water partition coefficient (Wildman–Crippen LogP) is -0.230. The molecule has 1 aliphatic heterocycles. The minimum atomic E-state index is 0.338. The highest BCUT2D eigenvalue weighted by Gasteiger charge is 2.22. The normalized spacial score (nSPS) is 19.9. The van der Waals surface area contributed by atoms with E-state index in [9.17, 15) is 0 Å². The average Bonchev–Trinajstić information content (AvgIpc) is 1.83. The molecular formula is C5H11N5. The molecule has 0 aromatic rings. The van der Waals surface area contributed by atoms with Crippen LogP contribution in [0.3, 0.4) is 0 Å². The van der Waals surface area contributed by atoms with Gasteiger partial charge in [-0.3, -0.25) is 0 Å². The molecule has 0 unspecified atom stereocenters. The zero-order valence-corrected chi connectivity index (χ0v) is 5.89. The standard InChI is InChI=1S/C5H11N5/c1-7-10-5(9-6)4-2-8-3-4/h4,6-8H,2-3H2,1H3. The van der Waals surface area contributed by atoms with Gasteiger partial charge in [-0.1, -0.05) is 0 Å². The van der Waals surface area contributed by atoms with Gasteiger partial charge >= 0.3 is 0 Å². The first-order chi connectivity index (χ1) is 4.88. The van der Waals surface area contributed by atoms with Gasteiger partial charge in [-0.2, -0.15) is 5.10 Å². The molecule has 0 aliphatic carbocycles. The average molecular weight is 141 g/mol. The molecule has 1 heterocycles. The number of nitrogens with one attached hydrogen (secondary N) is 3. The Morgan fingerprint density at radius 3 is 2.70 bits per heavy atom. The van der Waals surface area contributed by atoms with Gasteiger partial charge in [0.1, 0.15) is 0 Å². The molecule has 5 nitrogen and oxygen atoms in total. The molecule has 1 fully saturated rings. The summed E-state index contributed by atoms with van der Waals surface area (Å²) in [7, 11) is 1.71. The van der Waals surface area contributed by atoms with Crippen molar-refractivity contribution in [2.24, 2.45) is 16.1 Å². The summed E-state index contributed by atoms with van der Waals surface area (Å²) in [5.74, 6) is 0.922. The molecule has 3 N–H and O–H groups in total. The van der Waals surface area contributed by atoms with Crippen LogP contribution in [-0.2, 0) is 0 Å². The van der Waals surface area contributed by atoms with Crippen molar-refractivity contribution in [2.45, 2.75) is 0 Å². The zero-order chi connectivity index (χ0) is 7.40. The number of hydrogen-bond acceptors (Lipinski definition) is 4. The van der Waals surface area contributed by atoms with E-state index in [-0.39, 0.29) is 0 Å². The van der Waals surface area contributed by atoms with Gasteiger partial charge in [0.05, 0.1) is 0 Å². The highest BCUT2D eigenvalue weighted by Crippen LogP contribution is 2.05. The lowest BCUT2D eigenvalue weighted by molar-refractivity contribution is 0.437. The molecule has 0 amide bonds. The van der Waals surface area contributed by atoms with Gasteiger partial charge in [-0.15, -0.1) is 5.11 Å². The number of rotatable bonds is 2. The Hall–Kier alpha value is -0.970. The summed E-state index contributed by atoms with van der Waals surface area (Å²) in [6.07, 6.45) is 0. The van der Waals surface area contributed by atoms with E-state index in [0.717, 1.165) is 13.1 Å². The molecule has 5 heteroatoms. The van der Waals surface area contributed by atoms with Crippen molar-refractivity contribution in [2.75, 3.05) is 20.1 Å². The summed E-state index contributed by atoms with van der Waals surface area (Å²) in [5.41, 5.74) is 9.37. The molecule has 56 valence electrons. The fraction of sp³-hybridized carbons (Fsp3) is 0.800. The van der Waals surface area contributed by atoms with Crippen LogP contribution in [-0.4, -0.2) is 26.0 Å². The van der Waals surface area contributed by atoms with Crippen molar-refractivity contribution < 1.29 is 0 Å². The minimum absolute atomic E-state index is 0.338. The monoisotopic (exact) mass is 141 g/mol. The van der Waals surface area contributed by atoms with E-state index in [1.807, 2.05) is 0 Å². The Bertz CT molecular complexity index is 148. The van der Waals surface area contributed by atoms with Crippen molar-refractivity contribution in [3.05, 3.63) is 0 Å². The Morgan fingerprint density at radius 1 is 1.70 bits per heavy atom. The third-order valence-corrected chi connectivity index (χ3v) is 1.49. The smallest absolute Gasteiger partial charge is 0.175 e. The minimum Gasteiger partial charge on any atom is -0.315 e. The van der Waals surface area contributed by atoms with E-state index in [1.165, 1.54) is 0 Å². The molecule has 0 bridgehead atoms. The summed E-state index contributed by atoms with van der Waals surface area (Å²) in [6, 6.07) is 0. The fourth-order valence-electron chi connectivity index (χ4n) is 0.793. The van der Waals surface area contributed by atoms with E-state index in [2.05, 4.69) is 21.0 Å². The van der Waals surface area contributed by atoms with Crippen molar-refractivity contribution in [3.63, 3.8) is 0 Å². The SMILES string of the molecule is CNN=C(N=N)C1CNC1. The highest BCUT2D eigenvalue weighted by atomic mass is 15.3. The van der Waals surface area contributed by atoms with Crippen LogP contribution in [0.5, 0.6) is 0 Å². The molecule has 10 heavy (non-hydrogen) atoms. The van der Waals surface area contributed by atoms with Crippen molar-refractivity contribution in [3.8, 4) is 0 Å². The van der Waals surface area contributed by atoms with Gasteiger partial charge in [0.2, 0.25) is 0 Å². The molecule has 0 aromatic heterocycles. The molecule has 0 atom stereocenters. The maximum Gasteiger partial charge on any atom is 0.175 e. The molecule has 0 saturated carbocycles. The van der Waals surface area contributed by atoms with Crippen LogP contribution in [0.1, 0.15) is 0 Å². The molecule has 1 saturated heterocycles. The lowest BCUT2D eigenvalue weighted by Crippen LogP contribution is -2.46. The Morgan fingerprint density at radius 2 is 2.40 bits per heavy atom. The van der Waals surface area contributed by atoms with Crippen LogP contribution in [0.15, 0.2) is 10.2 Å². The van der Waals surface area contributed by atoms with E-state index in [1.54, 1.807) is 7.05 Å². The molecule has 0 spiro atoms. The Labute approximate surface area is 59.4 Å². The van der Waals surface area contributed by atoms with Gasteiger partial charge in [0.25, 0.3) is 0 Å². The summed E-state index contributed by atoms with van der Waals surface area (Å²) in [4.78, 5) is 0. The van der Waals surface area contributed by atoms with Crippen LogP contribution in [0, 0.1) is 11.4 Å². The lowest BCUT2D eigenvalue weighted by Gasteiger charge is -2.25. The maximum atomic E-state index is 6.76. The molecular weight excluding hydrogens is 130 g/mol. The summed E-state index contributed by atoms with van der Waals surface area (Å²) in [5, 5.41) is 10.2. The number of hydrogen-bond donors (Lipinski definition) is 3. The second-order valence-electron chi connectivity index (χ2n) is 2.16. The first-order valence-corrected chi connectivity index (χ1v) is 3.21. The number of amidine groups is 1. The van der Waals surface area contributed by atoms with Gasteiger partial charge in [0, 0.05) is 26.1 Å². The van der Waals surface area contributed by atoms with E-state index >= 15 is 0 Å². The highest BCUT2D eigenvalue weighted by molar-refractivity contribution is 5.85. The fourth-order valence-corrected chi connectivity index (χ4v) is 0.793. The van der Waals surface area contributed by atoms with Crippen LogP contribution < -0.4 is 10.7 Å². The zero-order valence-electron chi connectivity index (χ0n) is 5.89. The van der Waals surface area contributed by atoms with Crippen molar-refractivity contribution in [1.82, 2.24) is 10.7 Å². The Balaban J connectivity index is 2.46. The largest absolute Gasteiger partial charge is 0.315 e. The first kappa shape index (κ1) is 7.14. The first-order valence-electron chi connectivity index (χ1n) is 3.21. The molecule has 0 radical (unpaired) electrons. The van der Waals surface area contributed by atoms with Gasteiger partial charge in [0.15, 0.2) is 5.84 Å². The van der Waals surface area contributed by atoms with Gasteiger partial charge in [-0.05, 0) is 0 Å². The summed E-state index contributed by atoms with van der Waals surface area (Å²) >= 11 is 0. The summed E-state index contributed by atoms with van der Waals surface area (Å²) in [6.45, 7) is 1.78. The maximum absolute atomic E-state index is 6.76. The van der Waals surface area contributed by atoms with Gasteiger partial charge < -0.3 is 10.7 Å². The Kier molecular flexibility index (Phi) is 2.33. The van der Waals surface area contributed by atoms with Crippen molar-refractivity contribution in [1.29, 1.82) is 5.53 Å². The van der Waals surface area contributed by atoms with E-state index < -0.39 is 0 Å². The van der Waals surface area contributed by atoms with E-state index in [0.29, 0.717) is 11.8 Å². The topological polar surface area (TPSA) is 72.6 Å². The second-order valence-corrected chi connectivity index (χ2v) is 2.16. The van der Waals surface area contributed by atoms with E-state index in [4.69, 9.17) is 5.53 Å².